The number of rotatable bonds is 4. The van der Waals surface area contributed by atoms with E-state index in [2.05, 4.69) is 25.8 Å². The number of nitrogens with zero attached hydrogens (tertiary/aromatic N) is 2. The number of carbonyl (C=O) groups is 1. The van der Waals surface area contributed by atoms with Crippen LogP contribution in [0.1, 0.15) is 26.5 Å². The first-order chi connectivity index (χ1) is 8.36. The van der Waals surface area contributed by atoms with E-state index in [1.807, 2.05) is 25.2 Å². The van der Waals surface area contributed by atoms with Gasteiger partial charge in [0, 0.05) is 31.4 Å². The maximum absolute atomic E-state index is 11.8. The summed E-state index contributed by atoms with van der Waals surface area (Å²) in [5, 5.41) is 0. The fraction of sp³-hybridized carbons (Fsp3) is 0.571. The van der Waals surface area contributed by atoms with Crippen LogP contribution < -0.4 is 0 Å². The van der Waals surface area contributed by atoms with Gasteiger partial charge in [0.25, 0.3) is 0 Å². The third-order valence-electron chi connectivity index (χ3n) is 3.10. The van der Waals surface area contributed by atoms with Gasteiger partial charge < -0.3 is 4.90 Å². The number of likely N-dealkylation sites (N-methyl/N-ethyl adjacent to an activating group) is 1. The summed E-state index contributed by atoms with van der Waals surface area (Å²) in [4.78, 5) is 17.8. The molecule has 1 atom stereocenters. The van der Waals surface area contributed by atoms with Gasteiger partial charge in [-0.1, -0.05) is 26.8 Å². The lowest BCUT2D eigenvalue weighted by Crippen LogP contribution is -2.47. The molecule has 0 aliphatic heterocycles. The van der Waals surface area contributed by atoms with Gasteiger partial charge >= 0.3 is 0 Å². The minimum atomic E-state index is -0.0486. The molecule has 3 nitrogen and oxygen atoms in total. The van der Waals surface area contributed by atoms with E-state index in [0.717, 1.165) is 12.1 Å². The summed E-state index contributed by atoms with van der Waals surface area (Å²) in [7, 11) is 1.81. The zero-order valence-electron chi connectivity index (χ0n) is 11.5. The van der Waals surface area contributed by atoms with Crippen molar-refractivity contribution in [2.24, 2.45) is 5.41 Å². The number of hydrogen-bond acceptors (Lipinski definition) is 2. The molecule has 1 aromatic rings. The smallest absolute Gasteiger partial charge is 0.237 e. The Morgan fingerprint density at radius 2 is 2.11 bits per heavy atom. The number of amides is 1. The first-order valence-corrected chi connectivity index (χ1v) is 6.61. The minimum Gasteiger partial charge on any atom is -0.341 e. The van der Waals surface area contributed by atoms with Crippen molar-refractivity contribution in [3.8, 4) is 0 Å². The third kappa shape index (κ3) is 3.98. The lowest BCUT2D eigenvalue weighted by atomic mass is 9.83. The second-order valence-electron chi connectivity index (χ2n) is 5.55. The van der Waals surface area contributed by atoms with Gasteiger partial charge in [-0.25, -0.2) is 0 Å². The van der Waals surface area contributed by atoms with Crippen molar-refractivity contribution in [1.82, 2.24) is 9.88 Å². The Kier molecular flexibility index (Phi) is 5.15. The molecule has 0 N–H and O–H groups in total. The monoisotopic (exact) mass is 268 g/mol. The van der Waals surface area contributed by atoms with Crippen LogP contribution in [-0.4, -0.2) is 34.8 Å². The van der Waals surface area contributed by atoms with Crippen molar-refractivity contribution in [2.45, 2.75) is 33.2 Å². The predicted molar refractivity (Wildman–Crippen MR) is 74.7 cm³/mol. The Bertz CT molecular complexity index is 387. The summed E-state index contributed by atoms with van der Waals surface area (Å²) < 4.78 is 0. The molecular formula is C14H21ClN2O. The van der Waals surface area contributed by atoms with E-state index >= 15 is 0 Å². The Hall–Kier alpha value is -1.09. The van der Waals surface area contributed by atoms with Crippen LogP contribution in [0.5, 0.6) is 0 Å². The molecule has 0 bridgehead atoms. The molecule has 0 aliphatic carbocycles. The third-order valence-corrected chi connectivity index (χ3v) is 3.33. The van der Waals surface area contributed by atoms with Crippen molar-refractivity contribution in [1.29, 1.82) is 0 Å². The summed E-state index contributed by atoms with van der Waals surface area (Å²) in [6, 6.07) is 5.92. The Balaban J connectivity index is 2.90. The molecule has 1 amide bonds. The maximum atomic E-state index is 11.8. The Labute approximate surface area is 114 Å². The quantitative estimate of drug-likeness (QED) is 0.787. The lowest BCUT2D eigenvalue weighted by molar-refractivity contribution is -0.131. The van der Waals surface area contributed by atoms with Crippen LogP contribution >= 0.6 is 11.6 Å². The maximum Gasteiger partial charge on any atom is 0.237 e. The van der Waals surface area contributed by atoms with Crippen molar-refractivity contribution < 1.29 is 4.79 Å². The molecule has 1 rings (SSSR count). The van der Waals surface area contributed by atoms with Crippen molar-refractivity contribution in [3.63, 3.8) is 0 Å². The van der Waals surface area contributed by atoms with Crippen LogP contribution in [-0.2, 0) is 11.2 Å². The van der Waals surface area contributed by atoms with Crippen LogP contribution in [0.25, 0.3) is 0 Å². The topological polar surface area (TPSA) is 33.2 Å². The highest BCUT2D eigenvalue weighted by molar-refractivity contribution is 6.27. The fourth-order valence-corrected chi connectivity index (χ4v) is 2.20. The molecule has 0 spiro atoms. The Morgan fingerprint density at radius 3 is 2.56 bits per heavy atom. The molecule has 4 heteroatoms. The normalized spacial score (nSPS) is 13.2. The zero-order valence-corrected chi connectivity index (χ0v) is 12.2. The van der Waals surface area contributed by atoms with Gasteiger partial charge in [-0.15, -0.1) is 11.6 Å². The van der Waals surface area contributed by atoms with Crippen molar-refractivity contribution >= 4 is 17.5 Å². The van der Waals surface area contributed by atoms with E-state index in [4.69, 9.17) is 11.6 Å². The molecule has 1 unspecified atom stereocenters. The molecule has 1 aromatic heterocycles. The van der Waals surface area contributed by atoms with Crippen molar-refractivity contribution in [3.05, 3.63) is 30.1 Å². The van der Waals surface area contributed by atoms with Crippen LogP contribution in [0, 0.1) is 5.41 Å². The van der Waals surface area contributed by atoms with Crippen LogP contribution in [0.15, 0.2) is 24.4 Å². The number of pyridine rings is 1. The lowest BCUT2D eigenvalue weighted by Gasteiger charge is -2.37. The van der Waals surface area contributed by atoms with Crippen LogP contribution in [0.4, 0.5) is 0 Å². The van der Waals surface area contributed by atoms with E-state index in [1.165, 1.54) is 0 Å². The summed E-state index contributed by atoms with van der Waals surface area (Å²) in [5.74, 6) is -0.0294. The summed E-state index contributed by atoms with van der Waals surface area (Å²) in [6.45, 7) is 6.37. The largest absolute Gasteiger partial charge is 0.341 e. The van der Waals surface area contributed by atoms with Gasteiger partial charge in [0.05, 0.1) is 0 Å². The highest BCUT2D eigenvalue weighted by atomic mass is 35.5. The molecular weight excluding hydrogens is 248 g/mol. The molecule has 0 radical (unpaired) electrons. The first-order valence-electron chi connectivity index (χ1n) is 6.07. The molecule has 0 saturated carbocycles. The van der Waals surface area contributed by atoms with E-state index < -0.39 is 0 Å². The standard InChI is InChI=1S/C14H21ClN2O/c1-14(2,3)12(17(4)13(18)10-15)9-11-7-5-6-8-16-11/h5-8,12H,9-10H2,1-4H3. The van der Waals surface area contributed by atoms with Gasteiger partial charge in [-0.2, -0.15) is 0 Å². The second-order valence-corrected chi connectivity index (χ2v) is 5.81. The number of halogens is 1. The SMILES string of the molecule is CN(C(=O)CCl)C(Cc1ccccn1)C(C)(C)C. The zero-order chi connectivity index (χ0) is 13.8. The first kappa shape index (κ1) is 15.0. The summed E-state index contributed by atoms with van der Waals surface area (Å²) in [6.07, 6.45) is 2.52. The molecule has 18 heavy (non-hydrogen) atoms. The summed E-state index contributed by atoms with van der Waals surface area (Å²) >= 11 is 5.64. The average Bonchev–Trinajstić information content (AvgIpc) is 2.34. The number of aromatic nitrogens is 1. The van der Waals surface area contributed by atoms with Gasteiger partial charge in [-0.05, 0) is 17.5 Å². The number of carbonyl (C=O) groups excluding carboxylic acids is 1. The average molecular weight is 269 g/mol. The minimum absolute atomic E-state index is 0.0191. The molecule has 0 aromatic carbocycles. The van der Waals surface area contributed by atoms with E-state index in [9.17, 15) is 4.79 Å². The van der Waals surface area contributed by atoms with E-state index in [0.29, 0.717) is 0 Å². The number of alkyl halides is 1. The second kappa shape index (κ2) is 6.19. The fourth-order valence-electron chi connectivity index (χ4n) is 2.01. The molecule has 0 fully saturated rings. The van der Waals surface area contributed by atoms with Gasteiger partial charge in [0.15, 0.2) is 0 Å². The molecule has 0 aliphatic rings. The molecule has 100 valence electrons. The van der Waals surface area contributed by atoms with Crippen LogP contribution in [0.3, 0.4) is 0 Å². The predicted octanol–water partition coefficient (Wildman–Crippen LogP) is 2.74. The Morgan fingerprint density at radius 1 is 1.44 bits per heavy atom. The highest BCUT2D eigenvalue weighted by Gasteiger charge is 2.31. The van der Waals surface area contributed by atoms with Crippen LogP contribution in [0.2, 0.25) is 0 Å². The molecule has 1 heterocycles. The van der Waals surface area contributed by atoms with Gasteiger partial charge in [0.1, 0.15) is 5.88 Å². The van der Waals surface area contributed by atoms with E-state index in [1.54, 1.807) is 11.1 Å². The molecule has 0 saturated heterocycles. The van der Waals surface area contributed by atoms with E-state index in [-0.39, 0.29) is 23.2 Å². The summed E-state index contributed by atoms with van der Waals surface area (Å²) in [5.41, 5.74) is 0.972. The van der Waals surface area contributed by atoms with Crippen molar-refractivity contribution in [2.75, 3.05) is 12.9 Å². The van der Waals surface area contributed by atoms with Gasteiger partial charge in [-0.3, -0.25) is 9.78 Å². The highest BCUT2D eigenvalue weighted by Crippen LogP contribution is 2.26. The number of hydrogen-bond donors (Lipinski definition) is 0. The van der Waals surface area contributed by atoms with Gasteiger partial charge in [0.2, 0.25) is 5.91 Å².